The molecule has 0 saturated carbocycles. The Kier molecular flexibility index (Phi) is 6.01. The van der Waals surface area contributed by atoms with Crippen LogP contribution in [0.3, 0.4) is 0 Å². The first kappa shape index (κ1) is 19.2. The second-order valence-corrected chi connectivity index (χ2v) is 6.96. The summed E-state index contributed by atoms with van der Waals surface area (Å²) in [7, 11) is 1.83. The Balaban J connectivity index is 1.67. The number of rotatable bonds is 5. The lowest BCUT2D eigenvalue weighted by atomic mass is 10.3. The molecule has 27 heavy (non-hydrogen) atoms. The number of hydrogen-bond acceptors (Lipinski definition) is 3. The highest BCUT2D eigenvalue weighted by Gasteiger charge is 2.11. The van der Waals surface area contributed by atoms with Crippen LogP contribution in [0.1, 0.15) is 0 Å². The molecule has 0 fully saturated rings. The topological polar surface area (TPSA) is 45.1 Å². The van der Waals surface area contributed by atoms with Crippen molar-refractivity contribution in [3.8, 4) is 0 Å². The summed E-state index contributed by atoms with van der Waals surface area (Å²) in [4.78, 5) is 1.76. The van der Waals surface area contributed by atoms with E-state index in [1.54, 1.807) is 27.9 Å². The van der Waals surface area contributed by atoms with Crippen molar-refractivity contribution >= 4 is 63.5 Å². The van der Waals surface area contributed by atoms with E-state index in [1.165, 1.54) is 0 Å². The number of halogens is 2. The quantitative estimate of drug-likeness (QED) is 0.531. The number of hydrogen-bond donors (Lipinski definition) is 2. The first-order chi connectivity index (χ1) is 12.9. The minimum Gasteiger partial charge on any atom is -0.341 e. The third kappa shape index (κ3) is 5.01. The Morgan fingerprint density at radius 3 is 2.22 bits per heavy atom. The van der Waals surface area contributed by atoms with Gasteiger partial charge in [-0.25, -0.2) is 4.68 Å². The molecule has 2 aromatic carbocycles. The molecule has 8 heteroatoms. The van der Waals surface area contributed by atoms with Gasteiger partial charge in [-0.05, 0) is 48.6 Å². The Bertz CT molecular complexity index is 985. The second-order valence-electron chi connectivity index (χ2n) is 5.70. The van der Waals surface area contributed by atoms with Crippen LogP contribution in [0.5, 0.6) is 0 Å². The standard InChI is InChI=1S/C19H17Cl2N5S/c1-13(22-16-7-3-5-14(20)11-16)26-10-9-18(24-26)25(2)19(27)23-17-8-4-6-15(21)12-17/h3-12,22H,1H2,2H3,(H,23,27). The lowest BCUT2D eigenvalue weighted by Crippen LogP contribution is -2.31. The van der Waals surface area contributed by atoms with Crippen molar-refractivity contribution in [3.63, 3.8) is 0 Å². The summed E-state index contributed by atoms with van der Waals surface area (Å²) in [6, 6.07) is 16.6. The molecule has 1 aromatic heterocycles. The minimum absolute atomic E-state index is 0.496. The molecule has 0 saturated heterocycles. The second kappa shape index (κ2) is 8.43. The molecule has 0 aliphatic carbocycles. The highest BCUT2D eigenvalue weighted by molar-refractivity contribution is 7.80. The highest BCUT2D eigenvalue weighted by Crippen LogP contribution is 2.19. The van der Waals surface area contributed by atoms with E-state index in [0.717, 1.165) is 11.4 Å². The summed E-state index contributed by atoms with van der Waals surface area (Å²) < 4.78 is 1.63. The monoisotopic (exact) mass is 417 g/mol. The summed E-state index contributed by atoms with van der Waals surface area (Å²) >= 11 is 17.5. The lowest BCUT2D eigenvalue weighted by Gasteiger charge is -2.19. The molecule has 0 radical (unpaired) electrons. The summed E-state index contributed by atoms with van der Waals surface area (Å²) in [5.41, 5.74) is 1.64. The van der Waals surface area contributed by atoms with Gasteiger partial charge in [0, 0.05) is 40.7 Å². The van der Waals surface area contributed by atoms with Crippen LogP contribution < -0.4 is 15.5 Å². The van der Waals surface area contributed by atoms with Crippen LogP contribution in [0.4, 0.5) is 17.2 Å². The maximum Gasteiger partial charge on any atom is 0.178 e. The van der Waals surface area contributed by atoms with Gasteiger partial charge >= 0.3 is 0 Å². The minimum atomic E-state index is 0.496. The molecule has 0 unspecified atom stereocenters. The van der Waals surface area contributed by atoms with Crippen LogP contribution in [-0.4, -0.2) is 21.9 Å². The van der Waals surface area contributed by atoms with Gasteiger partial charge in [-0.3, -0.25) is 0 Å². The zero-order valence-corrected chi connectivity index (χ0v) is 16.8. The van der Waals surface area contributed by atoms with E-state index >= 15 is 0 Å². The number of thiocarbonyl (C=S) groups is 1. The largest absolute Gasteiger partial charge is 0.341 e. The van der Waals surface area contributed by atoms with E-state index in [9.17, 15) is 0 Å². The van der Waals surface area contributed by atoms with Crippen LogP contribution in [-0.2, 0) is 0 Å². The van der Waals surface area contributed by atoms with Crippen molar-refractivity contribution in [2.75, 3.05) is 22.6 Å². The Morgan fingerprint density at radius 2 is 1.63 bits per heavy atom. The summed E-state index contributed by atoms with van der Waals surface area (Å²) in [6.45, 7) is 4.01. The SMILES string of the molecule is C=C(Nc1cccc(Cl)c1)n1ccc(N(C)C(=S)Nc2cccc(Cl)c2)n1. The van der Waals surface area contributed by atoms with Crippen LogP contribution in [0.2, 0.25) is 10.0 Å². The van der Waals surface area contributed by atoms with E-state index in [4.69, 9.17) is 35.4 Å². The number of benzene rings is 2. The van der Waals surface area contributed by atoms with E-state index in [0.29, 0.717) is 26.8 Å². The first-order valence-corrected chi connectivity index (χ1v) is 9.16. The van der Waals surface area contributed by atoms with Gasteiger partial charge in [0.1, 0.15) is 5.82 Å². The average molecular weight is 418 g/mol. The smallest absolute Gasteiger partial charge is 0.178 e. The fourth-order valence-electron chi connectivity index (χ4n) is 2.31. The molecule has 0 amide bonds. The van der Waals surface area contributed by atoms with Crippen LogP contribution >= 0.6 is 35.4 Å². The van der Waals surface area contributed by atoms with E-state index in [2.05, 4.69) is 22.3 Å². The zero-order valence-electron chi connectivity index (χ0n) is 14.5. The molecule has 138 valence electrons. The van der Waals surface area contributed by atoms with E-state index < -0.39 is 0 Å². The average Bonchev–Trinajstić information content (AvgIpc) is 3.11. The van der Waals surface area contributed by atoms with Gasteiger partial charge in [0.05, 0.1) is 0 Å². The molecule has 0 atom stereocenters. The van der Waals surface area contributed by atoms with Crippen molar-refractivity contribution in [2.45, 2.75) is 0 Å². The van der Waals surface area contributed by atoms with Gasteiger partial charge in [0.2, 0.25) is 0 Å². The lowest BCUT2D eigenvalue weighted by molar-refractivity contribution is 0.894. The predicted octanol–water partition coefficient (Wildman–Crippen LogP) is 5.56. The first-order valence-electron chi connectivity index (χ1n) is 8.00. The molecule has 1 heterocycles. The summed E-state index contributed by atoms with van der Waals surface area (Å²) in [6.07, 6.45) is 1.80. The Hall–Kier alpha value is -2.54. The van der Waals surface area contributed by atoms with E-state index in [1.807, 2.05) is 49.5 Å². The van der Waals surface area contributed by atoms with Crippen LogP contribution in [0.15, 0.2) is 67.4 Å². The number of anilines is 3. The van der Waals surface area contributed by atoms with Gasteiger partial charge in [0.15, 0.2) is 10.9 Å². The third-order valence-corrected chi connectivity index (χ3v) is 4.54. The molecule has 2 N–H and O–H groups in total. The van der Waals surface area contributed by atoms with Crippen LogP contribution in [0.25, 0.3) is 5.82 Å². The van der Waals surface area contributed by atoms with E-state index in [-0.39, 0.29) is 0 Å². The number of aromatic nitrogens is 2. The van der Waals surface area contributed by atoms with Crippen molar-refractivity contribution in [1.82, 2.24) is 9.78 Å². The predicted molar refractivity (Wildman–Crippen MR) is 119 cm³/mol. The maximum atomic E-state index is 6.00. The fraction of sp³-hybridized carbons (Fsp3) is 0.0526. The molecule has 3 rings (SSSR count). The van der Waals surface area contributed by atoms with Gasteiger partial charge in [0.25, 0.3) is 0 Å². The summed E-state index contributed by atoms with van der Waals surface area (Å²) in [5, 5.41) is 12.6. The third-order valence-electron chi connectivity index (χ3n) is 3.69. The van der Waals surface area contributed by atoms with Crippen LogP contribution in [0, 0.1) is 0 Å². The zero-order chi connectivity index (χ0) is 19.4. The molecule has 0 aliphatic heterocycles. The van der Waals surface area contributed by atoms with Gasteiger partial charge in [-0.1, -0.05) is 41.9 Å². The Morgan fingerprint density at radius 1 is 1.04 bits per heavy atom. The highest BCUT2D eigenvalue weighted by atomic mass is 35.5. The molecule has 0 aliphatic rings. The molecular weight excluding hydrogens is 401 g/mol. The summed E-state index contributed by atoms with van der Waals surface area (Å²) in [5.74, 6) is 1.26. The number of nitrogens with zero attached hydrogens (tertiary/aromatic N) is 3. The van der Waals surface area contributed by atoms with Gasteiger partial charge in [-0.2, -0.15) is 0 Å². The van der Waals surface area contributed by atoms with Gasteiger partial charge in [-0.15, -0.1) is 5.10 Å². The fourth-order valence-corrected chi connectivity index (χ4v) is 2.90. The Labute approximate surface area is 173 Å². The van der Waals surface area contributed by atoms with Crippen molar-refractivity contribution in [1.29, 1.82) is 0 Å². The molecule has 0 spiro atoms. The molecule has 5 nitrogen and oxygen atoms in total. The van der Waals surface area contributed by atoms with Gasteiger partial charge < -0.3 is 15.5 Å². The molecule has 3 aromatic rings. The maximum absolute atomic E-state index is 6.00. The molecular formula is C19H17Cl2N5S. The van der Waals surface area contributed by atoms with Crippen molar-refractivity contribution in [2.24, 2.45) is 0 Å². The normalized spacial score (nSPS) is 10.3. The van der Waals surface area contributed by atoms with Crippen molar-refractivity contribution in [3.05, 3.63) is 77.4 Å². The number of nitrogens with one attached hydrogen (secondary N) is 2. The van der Waals surface area contributed by atoms with Crippen molar-refractivity contribution < 1.29 is 0 Å². The molecule has 0 bridgehead atoms.